The Balaban J connectivity index is 1.43. The van der Waals surface area contributed by atoms with Crippen LogP contribution in [0.4, 0.5) is 0 Å². The molecule has 6 rings (SSSR count). The third-order valence-electron chi connectivity index (χ3n) is 11.9. The number of aliphatic hydroxyl groups excluding tert-OH is 2. The van der Waals surface area contributed by atoms with E-state index in [0.717, 1.165) is 42.4 Å². The number of aromatic hydroxyl groups is 1. The van der Waals surface area contributed by atoms with E-state index in [1.807, 2.05) is 13.0 Å². The summed E-state index contributed by atoms with van der Waals surface area (Å²) in [6.07, 6.45) is 11.6. The molecule has 0 aromatic heterocycles. The highest BCUT2D eigenvalue weighted by atomic mass is 16.3. The highest BCUT2D eigenvalue weighted by Crippen LogP contribution is 2.65. The Labute approximate surface area is 265 Å². The molecule has 0 aliphatic heterocycles. The van der Waals surface area contributed by atoms with Gasteiger partial charge in [-0.25, -0.2) is 0 Å². The van der Waals surface area contributed by atoms with Crippen molar-refractivity contribution in [1.29, 1.82) is 0 Å². The lowest BCUT2D eigenvalue weighted by Gasteiger charge is -2.59. The number of carbonyl (C=O) groups excluding carboxylic acids is 3. The van der Waals surface area contributed by atoms with Gasteiger partial charge in [0.15, 0.2) is 17.2 Å². The first-order chi connectivity index (χ1) is 21.0. The summed E-state index contributed by atoms with van der Waals surface area (Å²) in [5.74, 6) is -3.61. The molecule has 5 aliphatic carbocycles. The Bertz CT molecular complexity index is 1650. The van der Waals surface area contributed by atoms with Crippen molar-refractivity contribution in [3.63, 3.8) is 0 Å². The molecule has 45 heavy (non-hydrogen) atoms. The summed E-state index contributed by atoms with van der Waals surface area (Å²) in [4.78, 5) is 40.8. The number of rotatable bonds is 5. The first-order valence-electron chi connectivity index (χ1n) is 16.5. The number of fused-ring (bicyclic) bond motifs is 3. The summed E-state index contributed by atoms with van der Waals surface area (Å²) in [6.45, 7) is 10.6. The highest BCUT2D eigenvalue weighted by molar-refractivity contribution is 6.24. The average molecular weight is 615 g/mol. The Morgan fingerprint density at radius 2 is 1.69 bits per heavy atom. The molecule has 7 nitrogen and oxygen atoms in total. The van der Waals surface area contributed by atoms with Crippen LogP contribution in [0.5, 0.6) is 5.75 Å². The molecule has 2 fully saturated rings. The molecule has 4 atom stereocenters. The predicted octanol–water partition coefficient (Wildman–Crippen LogP) is 7.12. The smallest absolute Gasteiger partial charge is 0.203 e. The van der Waals surface area contributed by atoms with E-state index in [1.165, 1.54) is 37.3 Å². The van der Waals surface area contributed by atoms with E-state index in [9.17, 15) is 34.8 Å². The topological polar surface area (TPSA) is 132 Å². The molecule has 0 bridgehead atoms. The van der Waals surface area contributed by atoms with Crippen LogP contribution in [0.25, 0.3) is 11.3 Å². The Morgan fingerprint density at radius 3 is 2.31 bits per heavy atom. The molecule has 0 amide bonds. The lowest BCUT2D eigenvalue weighted by Crippen LogP contribution is -2.69. The molecule has 0 spiro atoms. The van der Waals surface area contributed by atoms with Crippen molar-refractivity contribution in [2.45, 2.75) is 98.5 Å². The number of carbonyl (C=O) groups is 3. The summed E-state index contributed by atoms with van der Waals surface area (Å²) in [7, 11) is 0. The number of aliphatic hydroxyl groups is 3. The van der Waals surface area contributed by atoms with Crippen molar-refractivity contribution in [2.75, 3.05) is 0 Å². The van der Waals surface area contributed by atoms with Crippen LogP contribution in [0.1, 0.15) is 103 Å². The predicted molar refractivity (Wildman–Crippen MR) is 172 cm³/mol. The maximum absolute atomic E-state index is 14.5. The fraction of sp³-hybridized carbons (Fsp3) is 0.553. The van der Waals surface area contributed by atoms with Gasteiger partial charge in [0.25, 0.3) is 0 Å². The quantitative estimate of drug-likeness (QED) is 0.260. The Kier molecular flexibility index (Phi) is 7.39. The molecule has 240 valence electrons. The van der Waals surface area contributed by atoms with E-state index < -0.39 is 56.8 Å². The van der Waals surface area contributed by atoms with Crippen LogP contribution >= 0.6 is 0 Å². The zero-order chi connectivity index (χ0) is 32.8. The fourth-order valence-corrected chi connectivity index (χ4v) is 9.83. The van der Waals surface area contributed by atoms with Gasteiger partial charge in [0.1, 0.15) is 22.8 Å². The van der Waals surface area contributed by atoms with Crippen LogP contribution in [0.2, 0.25) is 0 Å². The molecule has 2 saturated carbocycles. The van der Waals surface area contributed by atoms with Gasteiger partial charge in [-0.15, -0.1) is 0 Å². The second-order valence-corrected chi connectivity index (χ2v) is 15.5. The number of Topliss-reactive ketones (excluding diaryl/α,β-unsaturated/α-hetero) is 3. The van der Waals surface area contributed by atoms with Gasteiger partial charge in [0.05, 0.1) is 5.56 Å². The van der Waals surface area contributed by atoms with E-state index in [-0.39, 0.29) is 35.6 Å². The minimum Gasteiger partial charge on any atom is -0.508 e. The number of ketones is 3. The molecular weight excluding hydrogens is 568 g/mol. The largest absolute Gasteiger partial charge is 0.508 e. The third-order valence-corrected chi connectivity index (χ3v) is 11.9. The first kappa shape index (κ1) is 31.5. The van der Waals surface area contributed by atoms with Crippen molar-refractivity contribution in [2.24, 2.45) is 34.5 Å². The molecule has 0 heterocycles. The van der Waals surface area contributed by atoms with Crippen LogP contribution in [0.15, 0.2) is 46.8 Å². The van der Waals surface area contributed by atoms with Crippen LogP contribution < -0.4 is 0 Å². The van der Waals surface area contributed by atoms with Crippen LogP contribution in [0.3, 0.4) is 0 Å². The number of benzene rings is 1. The SMILES string of the molecule is CC(=O)C1=C(O)[C@]2(O)C(=O)C3=C(O)c4c(O)ccc(C5=CC=C(CC6CCC(C)CC6)C5)c4C[C@]3(C)C[C@]2(C)C(C(C)C)C1=O. The van der Waals surface area contributed by atoms with Crippen molar-refractivity contribution in [1.82, 2.24) is 0 Å². The van der Waals surface area contributed by atoms with Crippen molar-refractivity contribution >= 4 is 28.7 Å². The minimum atomic E-state index is -2.60. The molecule has 7 heteroatoms. The number of phenols is 1. The monoisotopic (exact) mass is 614 g/mol. The molecule has 0 saturated heterocycles. The first-order valence-corrected chi connectivity index (χ1v) is 16.5. The number of allylic oxidation sites excluding steroid dienone is 5. The van der Waals surface area contributed by atoms with Crippen molar-refractivity contribution in [3.05, 3.63) is 63.5 Å². The number of hydrogen-bond acceptors (Lipinski definition) is 7. The lowest BCUT2D eigenvalue weighted by atomic mass is 9.43. The van der Waals surface area contributed by atoms with Gasteiger partial charge in [-0.1, -0.05) is 71.3 Å². The number of phenolic OH excluding ortho intramolecular Hbond substituents is 1. The molecule has 4 N–H and O–H groups in total. The van der Waals surface area contributed by atoms with Crippen molar-refractivity contribution in [3.8, 4) is 5.75 Å². The second kappa shape index (κ2) is 10.5. The Morgan fingerprint density at radius 1 is 1.02 bits per heavy atom. The average Bonchev–Trinajstić information content (AvgIpc) is 3.39. The van der Waals surface area contributed by atoms with Gasteiger partial charge in [0, 0.05) is 22.3 Å². The van der Waals surface area contributed by atoms with Gasteiger partial charge in [-0.2, -0.15) is 0 Å². The standard InChI is InChI=1S/C38H46O7/c1-19(2)30-32(41)28(21(4)39)34(43)38(45)35(44)31-33(42)29-26(17-36(31,5)18-37(30,38)6)25(13-14-27(29)40)24-12-11-23(16-24)15-22-9-7-20(3)8-10-22/h11-14,19-20,22,30,40,42-43,45H,7-10,15-18H2,1-6H3/t20?,22?,30?,36-,37-,38+/m1/s1. The zero-order valence-electron chi connectivity index (χ0n) is 27.3. The fourth-order valence-electron chi connectivity index (χ4n) is 9.83. The molecule has 1 unspecified atom stereocenters. The van der Waals surface area contributed by atoms with E-state index >= 15 is 0 Å². The van der Waals surface area contributed by atoms with E-state index in [4.69, 9.17) is 0 Å². The summed E-state index contributed by atoms with van der Waals surface area (Å²) >= 11 is 0. The molecule has 5 aliphatic rings. The van der Waals surface area contributed by atoms with Gasteiger partial charge in [-0.05, 0) is 86.0 Å². The summed E-state index contributed by atoms with van der Waals surface area (Å²) in [5, 5.41) is 46.5. The van der Waals surface area contributed by atoms with E-state index in [0.29, 0.717) is 5.92 Å². The van der Waals surface area contributed by atoms with Crippen LogP contribution in [-0.2, 0) is 20.8 Å². The van der Waals surface area contributed by atoms with Gasteiger partial charge in [0.2, 0.25) is 5.78 Å². The van der Waals surface area contributed by atoms with Gasteiger partial charge >= 0.3 is 0 Å². The summed E-state index contributed by atoms with van der Waals surface area (Å²) in [6, 6.07) is 3.40. The lowest BCUT2D eigenvalue weighted by molar-refractivity contribution is -0.178. The van der Waals surface area contributed by atoms with Crippen LogP contribution in [0, 0.1) is 34.5 Å². The van der Waals surface area contributed by atoms with Crippen LogP contribution in [-0.4, -0.2) is 43.4 Å². The van der Waals surface area contributed by atoms with Gasteiger partial charge < -0.3 is 20.4 Å². The summed E-state index contributed by atoms with van der Waals surface area (Å²) < 4.78 is 0. The summed E-state index contributed by atoms with van der Waals surface area (Å²) in [5.41, 5.74) is -1.52. The Hall–Kier alpha value is -3.45. The third kappa shape index (κ3) is 4.44. The van der Waals surface area contributed by atoms with E-state index in [1.54, 1.807) is 20.8 Å². The second-order valence-electron chi connectivity index (χ2n) is 15.5. The number of hydrogen-bond donors (Lipinski definition) is 4. The molecule has 1 aromatic rings. The normalized spacial score (nSPS) is 34.8. The molecule has 1 aromatic carbocycles. The minimum absolute atomic E-state index is 0.0860. The maximum atomic E-state index is 14.5. The van der Waals surface area contributed by atoms with E-state index in [2.05, 4.69) is 19.1 Å². The highest BCUT2D eigenvalue weighted by Gasteiger charge is 2.72. The van der Waals surface area contributed by atoms with Gasteiger partial charge in [-0.3, -0.25) is 14.4 Å². The van der Waals surface area contributed by atoms with Crippen molar-refractivity contribution < 1.29 is 34.8 Å². The molecule has 0 radical (unpaired) electrons. The zero-order valence-corrected chi connectivity index (χ0v) is 27.3. The maximum Gasteiger partial charge on any atom is 0.203 e. The molecular formula is C38H46O7.